The molecule has 0 spiro atoms. The number of carboxylic acids is 1. The molecule has 20 heavy (non-hydrogen) atoms. The number of carboxylic acid groups (broad SMARTS) is 1. The van der Waals surface area contributed by atoms with E-state index in [9.17, 15) is 9.59 Å². The van der Waals surface area contributed by atoms with Crippen molar-refractivity contribution in [2.45, 2.75) is 19.1 Å². The maximum absolute atomic E-state index is 11.8. The van der Waals surface area contributed by atoms with Crippen molar-refractivity contribution in [2.24, 2.45) is 5.16 Å². The Morgan fingerprint density at radius 2 is 2.20 bits per heavy atom. The molecule has 6 nitrogen and oxygen atoms in total. The van der Waals surface area contributed by atoms with E-state index in [4.69, 9.17) is 28.3 Å². The number of carbonyl (C=O) groups excluding carboxylic acids is 1. The number of aliphatic carboxylic acids is 1. The van der Waals surface area contributed by atoms with Crippen molar-refractivity contribution in [3.63, 3.8) is 0 Å². The fourth-order valence-electron chi connectivity index (χ4n) is 1.60. The standard InChI is InChI=1S/C12H10Cl2N2O4/c13-7-1-2-8(14)6(3-7)5-15-11(17)9-4-10(12(18)19)20-16-9/h1-3,10H,4-5H2,(H,15,17)(H,18,19). The van der Waals surface area contributed by atoms with Gasteiger partial charge in [-0.3, -0.25) is 4.79 Å². The molecular weight excluding hydrogens is 307 g/mol. The molecule has 2 rings (SSSR count). The smallest absolute Gasteiger partial charge is 0.348 e. The maximum Gasteiger partial charge on any atom is 0.348 e. The number of rotatable bonds is 4. The van der Waals surface area contributed by atoms with Crippen LogP contribution in [0.4, 0.5) is 0 Å². The zero-order valence-electron chi connectivity index (χ0n) is 10.1. The molecule has 8 heteroatoms. The number of hydrogen-bond acceptors (Lipinski definition) is 4. The molecule has 0 saturated carbocycles. The summed E-state index contributed by atoms with van der Waals surface area (Å²) in [6, 6.07) is 4.90. The predicted octanol–water partition coefficient (Wildman–Crippen LogP) is 1.84. The van der Waals surface area contributed by atoms with E-state index in [2.05, 4.69) is 15.3 Å². The van der Waals surface area contributed by atoms with Crippen LogP contribution in [0.25, 0.3) is 0 Å². The van der Waals surface area contributed by atoms with Crippen LogP contribution in [0.2, 0.25) is 10.0 Å². The highest BCUT2D eigenvalue weighted by Gasteiger charge is 2.31. The lowest BCUT2D eigenvalue weighted by Crippen LogP contribution is -2.31. The second-order valence-corrected chi connectivity index (χ2v) is 4.94. The van der Waals surface area contributed by atoms with Gasteiger partial charge in [-0.2, -0.15) is 0 Å². The van der Waals surface area contributed by atoms with Crippen LogP contribution in [-0.2, 0) is 21.0 Å². The number of halogens is 2. The topological polar surface area (TPSA) is 88.0 Å². The Hall–Kier alpha value is -1.79. The first-order valence-corrected chi connectivity index (χ1v) is 6.40. The summed E-state index contributed by atoms with van der Waals surface area (Å²) in [5, 5.41) is 15.7. The number of benzene rings is 1. The summed E-state index contributed by atoms with van der Waals surface area (Å²) in [7, 11) is 0. The molecule has 1 amide bonds. The first-order chi connectivity index (χ1) is 9.47. The summed E-state index contributed by atoms with van der Waals surface area (Å²) in [5.74, 6) is -1.65. The molecule has 1 heterocycles. The Labute approximate surface area is 124 Å². The van der Waals surface area contributed by atoms with Gasteiger partial charge in [-0.25, -0.2) is 4.79 Å². The minimum atomic E-state index is -1.16. The van der Waals surface area contributed by atoms with Crippen LogP contribution < -0.4 is 5.32 Å². The van der Waals surface area contributed by atoms with Gasteiger partial charge in [0.05, 0.1) is 0 Å². The fraction of sp³-hybridized carbons (Fsp3) is 0.250. The summed E-state index contributed by atoms with van der Waals surface area (Å²) in [6.45, 7) is 0.162. The van der Waals surface area contributed by atoms with Crippen molar-refractivity contribution in [3.8, 4) is 0 Å². The number of nitrogens with zero attached hydrogens (tertiary/aromatic N) is 1. The summed E-state index contributed by atoms with van der Waals surface area (Å²) < 4.78 is 0. The third-order valence-electron chi connectivity index (χ3n) is 2.65. The Balaban J connectivity index is 1.93. The molecule has 0 radical (unpaired) electrons. The zero-order chi connectivity index (χ0) is 14.7. The van der Waals surface area contributed by atoms with Crippen LogP contribution in [0.3, 0.4) is 0 Å². The minimum absolute atomic E-state index is 0.0375. The quantitative estimate of drug-likeness (QED) is 0.887. The Morgan fingerprint density at radius 1 is 1.45 bits per heavy atom. The van der Waals surface area contributed by atoms with Crippen molar-refractivity contribution >= 4 is 40.8 Å². The predicted molar refractivity (Wildman–Crippen MR) is 72.9 cm³/mol. The summed E-state index contributed by atoms with van der Waals surface area (Å²) in [4.78, 5) is 27.1. The van der Waals surface area contributed by atoms with Gasteiger partial charge in [-0.15, -0.1) is 0 Å². The van der Waals surface area contributed by atoms with Crippen LogP contribution in [0, 0.1) is 0 Å². The molecule has 0 aromatic heterocycles. The Kier molecular flexibility index (Phi) is 4.46. The van der Waals surface area contributed by atoms with Crippen LogP contribution in [0.15, 0.2) is 23.4 Å². The lowest BCUT2D eigenvalue weighted by molar-refractivity contribution is -0.148. The van der Waals surface area contributed by atoms with Gasteiger partial charge >= 0.3 is 5.97 Å². The van der Waals surface area contributed by atoms with Gasteiger partial charge in [0, 0.05) is 23.0 Å². The van der Waals surface area contributed by atoms with E-state index in [0.717, 1.165) is 0 Å². The lowest BCUT2D eigenvalue weighted by Gasteiger charge is -2.06. The van der Waals surface area contributed by atoms with Crippen molar-refractivity contribution < 1.29 is 19.5 Å². The van der Waals surface area contributed by atoms with Gasteiger partial charge in [0.15, 0.2) is 0 Å². The van der Waals surface area contributed by atoms with E-state index >= 15 is 0 Å². The molecule has 1 aromatic rings. The average Bonchev–Trinajstić information content (AvgIpc) is 2.89. The molecule has 0 fully saturated rings. The number of nitrogens with one attached hydrogen (secondary N) is 1. The molecule has 2 N–H and O–H groups in total. The molecule has 1 atom stereocenters. The van der Waals surface area contributed by atoms with Crippen LogP contribution in [0.5, 0.6) is 0 Å². The monoisotopic (exact) mass is 316 g/mol. The Morgan fingerprint density at radius 3 is 2.85 bits per heavy atom. The third-order valence-corrected chi connectivity index (χ3v) is 3.26. The van der Waals surface area contributed by atoms with Gasteiger partial charge in [0.1, 0.15) is 5.71 Å². The molecule has 106 valence electrons. The minimum Gasteiger partial charge on any atom is -0.478 e. The second kappa shape index (κ2) is 6.11. The van der Waals surface area contributed by atoms with E-state index in [-0.39, 0.29) is 18.7 Å². The van der Waals surface area contributed by atoms with Crippen LogP contribution >= 0.6 is 23.2 Å². The van der Waals surface area contributed by atoms with Crippen LogP contribution in [0.1, 0.15) is 12.0 Å². The van der Waals surface area contributed by atoms with E-state index < -0.39 is 18.0 Å². The first-order valence-electron chi connectivity index (χ1n) is 5.65. The second-order valence-electron chi connectivity index (χ2n) is 4.09. The highest BCUT2D eigenvalue weighted by atomic mass is 35.5. The van der Waals surface area contributed by atoms with Crippen molar-refractivity contribution in [1.29, 1.82) is 0 Å². The van der Waals surface area contributed by atoms with Gasteiger partial charge in [-0.05, 0) is 23.8 Å². The van der Waals surface area contributed by atoms with Crippen LogP contribution in [-0.4, -0.2) is 28.8 Å². The molecule has 1 aliphatic rings. The average molecular weight is 317 g/mol. The third kappa shape index (κ3) is 3.40. The number of carbonyl (C=O) groups is 2. The van der Waals surface area contributed by atoms with E-state index in [1.54, 1.807) is 18.2 Å². The zero-order valence-corrected chi connectivity index (χ0v) is 11.6. The lowest BCUT2D eigenvalue weighted by atomic mass is 10.1. The molecule has 1 aliphatic heterocycles. The van der Waals surface area contributed by atoms with Gasteiger partial charge < -0.3 is 15.3 Å². The van der Waals surface area contributed by atoms with Crippen molar-refractivity contribution in [2.75, 3.05) is 0 Å². The summed E-state index contributed by atoms with van der Waals surface area (Å²) >= 11 is 11.8. The number of oxime groups is 1. The number of hydrogen-bond donors (Lipinski definition) is 2. The molecule has 0 bridgehead atoms. The fourth-order valence-corrected chi connectivity index (χ4v) is 1.98. The molecule has 0 aliphatic carbocycles. The van der Waals surface area contributed by atoms with E-state index in [0.29, 0.717) is 15.6 Å². The van der Waals surface area contributed by atoms with E-state index in [1.165, 1.54) is 0 Å². The van der Waals surface area contributed by atoms with Gasteiger partial charge in [0.25, 0.3) is 5.91 Å². The van der Waals surface area contributed by atoms with Crippen molar-refractivity contribution in [1.82, 2.24) is 5.32 Å². The van der Waals surface area contributed by atoms with Gasteiger partial charge in [0.2, 0.25) is 6.10 Å². The van der Waals surface area contributed by atoms with E-state index in [1.807, 2.05) is 0 Å². The normalized spacial score (nSPS) is 17.3. The molecular formula is C12H10Cl2N2O4. The summed E-state index contributed by atoms with van der Waals surface area (Å²) in [5.41, 5.74) is 0.692. The SMILES string of the molecule is O=C(NCc1cc(Cl)ccc1Cl)C1=NOC(C(=O)O)C1. The van der Waals surface area contributed by atoms with Gasteiger partial charge in [-0.1, -0.05) is 28.4 Å². The number of amides is 1. The first kappa shape index (κ1) is 14.6. The highest BCUT2D eigenvalue weighted by molar-refractivity contribution is 6.39. The van der Waals surface area contributed by atoms with Crippen molar-refractivity contribution in [3.05, 3.63) is 33.8 Å². The maximum atomic E-state index is 11.8. The molecule has 1 unspecified atom stereocenters. The Bertz CT molecular complexity index is 589. The molecule has 1 aromatic carbocycles. The highest BCUT2D eigenvalue weighted by Crippen LogP contribution is 2.20. The summed E-state index contributed by atoms with van der Waals surface area (Å²) in [6.07, 6.45) is -1.17. The largest absolute Gasteiger partial charge is 0.478 e. The molecule has 0 saturated heterocycles.